The summed E-state index contributed by atoms with van der Waals surface area (Å²) in [6, 6.07) is 0.614. The molecule has 2 N–H and O–H groups in total. The second kappa shape index (κ2) is 3.97. The van der Waals surface area contributed by atoms with Gasteiger partial charge in [0.1, 0.15) is 0 Å². The maximum atomic E-state index is 6.14. The van der Waals surface area contributed by atoms with Crippen LogP contribution < -0.4 is 5.73 Å². The van der Waals surface area contributed by atoms with Crippen molar-refractivity contribution in [1.82, 2.24) is 4.90 Å². The molecule has 0 aromatic rings. The van der Waals surface area contributed by atoms with Crippen molar-refractivity contribution in [2.75, 3.05) is 26.8 Å². The first-order valence-corrected chi connectivity index (χ1v) is 6.77. The lowest BCUT2D eigenvalue weighted by Crippen LogP contribution is -2.59. The average molecular weight is 224 g/mol. The van der Waals surface area contributed by atoms with Gasteiger partial charge in [-0.1, -0.05) is 6.42 Å². The van der Waals surface area contributed by atoms with Crippen LogP contribution in [0, 0.1) is 11.8 Å². The van der Waals surface area contributed by atoms with Gasteiger partial charge < -0.3 is 10.5 Å². The summed E-state index contributed by atoms with van der Waals surface area (Å²) in [5, 5.41) is 0. The van der Waals surface area contributed by atoms with E-state index in [1.807, 2.05) is 0 Å². The Kier molecular flexibility index (Phi) is 2.73. The lowest BCUT2D eigenvalue weighted by Gasteiger charge is -2.47. The van der Waals surface area contributed by atoms with Gasteiger partial charge in [0.2, 0.25) is 0 Å². The number of likely N-dealkylation sites (N-methyl/N-ethyl adjacent to an activating group) is 1. The molecule has 4 unspecified atom stereocenters. The van der Waals surface area contributed by atoms with Gasteiger partial charge in [0, 0.05) is 24.7 Å². The van der Waals surface area contributed by atoms with Crippen molar-refractivity contribution in [3.63, 3.8) is 0 Å². The van der Waals surface area contributed by atoms with Gasteiger partial charge in [0.15, 0.2) is 0 Å². The Morgan fingerprint density at radius 2 is 2.25 bits per heavy atom. The van der Waals surface area contributed by atoms with E-state index < -0.39 is 0 Å². The first-order chi connectivity index (χ1) is 7.76. The predicted molar refractivity (Wildman–Crippen MR) is 64.2 cm³/mol. The third-order valence-electron chi connectivity index (χ3n) is 5.45. The van der Waals surface area contributed by atoms with Crippen molar-refractivity contribution in [1.29, 1.82) is 0 Å². The zero-order valence-electron chi connectivity index (χ0n) is 10.3. The number of fused-ring (bicyclic) bond motifs is 2. The molecule has 3 nitrogen and oxygen atoms in total. The minimum absolute atomic E-state index is 0.307. The Morgan fingerprint density at radius 1 is 1.38 bits per heavy atom. The summed E-state index contributed by atoms with van der Waals surface area (Å²) in [5.74, 6) is 1.81. The van der Waals surface area contributed by atoms with E-state index in [2.05, 4.69) is 11.9 Å². The molecule has 92 valence electrons. The number of hydrogen-bond acceptors (Lipinski definition) is 3. The van der Waals surface area contributed by atoms with Crippen molar-refractivity contribution in [2.45, 2.75) is 43.7 Å². The third-order valence-corrected chi connectivity index (χ3v) is 5.45. The molecule has 2 aliphatic carbocycles. The second-order valence-corrected chi connectivity index (χ2v) is 6.02. The van der Waals surface area contributed by atoms with Gasteiger partial charge in [-0.15, -0.1) is 0 Å². The Balaban J connectivity index is 1.79. The van der Waals surface area contributed by atoms with Crippen LogP contribution in [0.3, 0.4) is 0 Å². The lowest BCUT2D eigenvalue weighted by molar-refractivity contribution is 0.0240. The highest BCUT2D eigenvalue weighted by atomic mass is 16.5. The molecule has 3 aliphatic rings. The topological polar surface area (TPSA) is 38.5 Å². The molecule has 0 spiro atoms. The van der Waals surface area contributed by atoms with Crippen LogP contribution in [0.1, 0.15) is 32.1 Å². The SMILES string of the molecule is CN(C1CCOC1)C1(CN)CC2CCC1C2. The molecule has 0 radical (unpaired) electrons. The van der Waals surface area contributed by atoms with Gasteiger partial charge in [-0.3, -0.25) is 4.90 Å². The number of nitrogens with two attached hydrogens (primary N) is 1. The Morgan fingerprint density at radius 3 is 2.75 bits per heavy atom. The molecule has 1 aliphatic heterocycles. The van der Waals surface area contributed by atoms with Crippen molar-refractivity contribution in [3.05, 3.63) is 0 Å². The summed E-state index contributed by atoms with van der Waals surface area (Å²) in [6.07, 6.45) is 6.80. The molecule has 16 heavy (non-hydrogen) atoms. The van der Waals surface area contributed by atoms with Crippen LogP contribution >= 0.6 is 0 Å². The summed E-state index contributed by atoms with van der Waals surface area (Å²) < 4.78 is 5.52. The fourth-order valence-electron chi connectivity index (χ4n) is 4.43. The molecule has 3 fully saturated rings. The van der Waals surface area contributed by atoms with Crippen molar-refractivity contribution in [3.8, 4) is 0 Å². The highest BCUT2D eigenvalue weighted by Gasteiger charge is 2.53. The number of nitrogens with zero attached hydrogens (tertiary/aromatic N) is 1. The first-order valence-electron chi connectivity index (χ1n) is 6.77. The molecule has 0 aromatic carbocycles. The molecule has 1 saturated heterocycles. The summed E-state index contributed by atoms with van der Waals surface area (Å²) in [7, 11) is 2.28. The van der Waals surface area contributed by atoms with Crippen molar-refractivity contribution in [2.24, 2.45) is 17.6 Å². The van der Waals surface area contributed by atoms with Gasteiger partial charge in [-0.05, 0) is 44.6 Å². The summed E-state index contributed by atoms with van der Waals surface area (Å²) in [6.45, 7) is 2.68. The molecule has 2 bridgehead atoms. The monoisotopic (exact) mass is 224 g/mol. The smallest absolute Gasteiger partial charge is 0.0622 e. The van der Waals surface area contributed by atoms with E-state index in [4.69, 9.17) is 10.5 Å². The lowest BCUT2D eigenvalue weighted by atomic mass is 9.79. The van der Waals surface area contributed by atoms with E-state index in [1.165, 1.54) is 32.1 Å². The number of rotatable bonds is 3. The minimum Gasteiger partial charge on any atom is -0.380 e. The summed E-state index contributed by atoms with van der Waals surface area (Å²) >= 11 is 0. The molecule has 2 saturated carbocycles. The predicted octanol–water partition coefficient (Wildman–Crippen LogP) is 1.22. The Labute approximate surface area is 98.3 Å². The van der Waals surface area contributed by atoms with Crippen LogP contribution in [-0.4, -0.2) is 43.3 Å². The zero-order valence-corrected chi connectivity index (χ0v) is 10.3. The van der Waals surface area contributed by atoms with Crippen LogP contribution in [0.2, 0.25) is 0 Å². The molecule has 1 heterocycles. The van der Waals surface area contributed by atoms with Crippen LogP contribution in [-0.2, 0) is 4.74 Å². The number of ether oxygens (including phenoxy) is 1. The van der Waals surface area contributed by atoms with E-state index in [0.717, 1.165) is 31.6 Å². The maximum absolute atomic E-state index is 6.14. The van der Waals surface area contributed by atoms with E-state index in [0.29, 0.717) is 11.6 Å². The van der Waals surface area contributed by atoms with E-state index in [-0.39, 0.29) is 0 Å². The minimum atomic E-state index is 0.307. The first kappa shape index (κ1) is 11.0. The third kappa shape index (κ3) is 1.45. The highest BCUT2D eigenvalue weighted by molar-refractivity contribution is 5.08. The van der Waals surface area contributed by atoms with Crippen LogP contribution in [0.25, 0.3) is 0 Å². The Bertz CT molecular complexity index is 265. The van der Waals surface area contributed by atoms with Crippen LogP contribution in [0.4, 0.5) is 0 Å². The number of hydrogen-bond donors (Lipinski definition) is 1. The molecule has 0 amide bonds. The second-order valence-electron chi connectivity index (χ2n) is 6.02. The largest absolute Gasteiger partial charge is 0.380 e. The van der Waals surface area contributed by atoms with Gasteiger partial charge in [0.25, 0.3) is 0 Å². The molecular formula is C13H24N2O. The van der Waals surface area contributed by atoms with E-state index >= 15 is 0 Å². The molecule has 3 heteroatoms. The fourth-order valence-corrected chi connectivity index (χ4v) is 4.43. The summed E-state index contributed by atoms with van der Waals surface area (Å²) in [4.78, 5) is 2.59. The van der Waals surface area contributed by atoms with Crippen LogP contribution in [0.15, 0.2) is 0 Å². The Hall–Kier alpha value is -0.120. The summed E-state index contributed by atoms with van der Waals surface area (Å²) in [5.41, 5.74) is 6.45. The molecule has 4 atom stereocenters. The fraction of sp³-hybridized carbons (Fsp3) is 1.00. The highest BCUT2D eigenvalue weighted by Crippen LogP contribution is 2.53. The molecular weight excluding hydrogens is 200 g/mol. The normalized spacial score (nSPS) is 47.1. The molecule has 3 rings (SSSR count). The average Bonchev–Trinajstić information content (AvgIpc) is 3.03. The van der Waals surface area contributed by atoms with Crippen LogP contribution in [0.5, 0.6) is 0 Å². The molecule has 0 aromatic heterocycles. The maximum Gasteiger partial charge on any atom is 0.0622 e. The van der Waals surface area contributed by atoms with Crippen molar-refractivity contribution < 1.29 is 4.74 Å². The van der Waals surface area contributed by atoms with Gasteiger partial charge in [0.05, 0.1) is 6.61 Å². The zero-order chi connectivity index (χ0) is 11.2. The van der Waals surface area contributed by atoms with E-state index in [9.17, 15) is 0 Å². The van der Waals surface area contributed by atoms with Gasteiger partial charge in [-0.25, -0.2) is 0 Å². The van der Waals surface area contributed by atoms with Gasteiger partial charge in [-0.2, -0.15) is 0 Å². The quantitative estimate of drug-likeness (QED) is 0.783. The van der Waals surface area contributed by atoms with E-state index in [1.54, 1.807) is 0 Å². The standard InChI is InChI=1S/C13H24N2O/c1-15(12-4-5-16-8-12)13(9-14)7-10-2-3-11(13)6-10/h10-12H,2-9,14H2,1H3. The van der Waals surface area contributed by atoms with Crippen molar-refractivity contribution >= 4 is 0 Å². The van der Waals surface area contributed by atoms with Gasteiger partial charge >= 0.3 is 0 Å².